The molecule has 0 aliphatic rings. The number of amides is 2. The van der Waals surface area contributed by atoms with E-state index in [1.54, 1.807) is 0 Å². The molecule has 1 atom stereocenters. The Balaban J connectivity index is 3.73. The summed E-state index contributed by atoms with van der Waals surface area (Å²) in [5, 5.41) is 0. The number of carbonyl (C=O) groups excluding carboxylic acids is 2. The van der Waals surface area contributed by atoms with Crippen molar-refractivity contribution >= 4 is 11.8 Å². The van der Waals surface area contributed by atoms with Gasteiger partial charge in [0.2, 0.25) is 11.8 Å². The Labute approximate surface area is 124 Å². The lowest BCUT2D eigenvalue weighted by molar-refractivity contribution is -0.131. The Morgan fingerprint density at radius 2 is 1.50 bits per heavy atom. The molecule has 118 valence electrons. The maximum Gasteiger partial charge on any atom is 0.241 e. The van der Waals surface area contributed by atoms with Gasteiger partial charge in [0.05, 0.1) is 0 Å². The Morgan fingerprint density at radius 3 is 2.10 bits per heavy atom. The molecule has 1 unspecified atom stereocenters. The first-order valence-electron chi connectivity index (χ1n) is 8.24. The fourth-order valence-electron chi connectivity index (χ4n) is 2.16. The van der Waals surface area contributed by atoms with Gasteiger partial charge in [-0.3, -0.25) is 20.4 Å². The summed E-state index contributed by atoms with van der Waals surface area (Å²) < 4.78 is 0. The summed E-state index contributed by atoms with van der Waals surface area (Å²) in [7, 11) is 0. The van der Waals surface area contributed by atoms with Crippen LogP contribution in [0.3, 0.4) is 0 Å². The van der Waals surface area contributed by atoms with Gasteiger partial charge in [-0.05, 0) is 19.3 Å². The first kappa shape index (κ1) is 18.9. The zero-order chi connectivity index (χ0) is 15.2. The van der Waals surface area contributed by atoms with Crippen molar-refractivity contribution in [2.45, 2.75) is 85.0 Å². The molecule has 0 aromatic carbocycles. The summed E-state index contributed by atoms with van der Waals surface area (Å²) >= 11 is 0. The lowest BCUT2D eigenvalue weighted by atomic mass is 9.99. The molecule has 0 heterocycles. The van der Waals surface area contributed by atoms with Gasteiger partial charge in [-0.1, -0.05) is 59.3 Å². The molecule has 0 spiro atoms. The summed E-state index contributed by atoms with van der Waals surface area (Å²) in [6.07, 6.45) is 9.96. The molecule has 0 fully saturated rings. The number of hydrogen-bond donors (Lipinski definition) is 2. The van der Waals surface area contributed by atoms with Gasteiger partial charge in [0, 0.05) is 12.3 Å². The minimum absolute atomic E-state index is 0.0137. The van der Waals surface area contributed by atoms with Crippen LogP contribution in [0.15, 0.2) is 0 Å². The molecule has 0 bridgehead atoms. The highest BCUT2D eigenvalue weighted by atomic mass is 16.2. The van der Waals surface area contributed by atoms with Gasteiger partial charge in [-0.25, -0.2) is 0 Å². The highest BCUT2D eigenvalue weighted by Crippen LogP contribution is 2.12. The van der Waals surface area contributed by atoms with E-state index in [0.717, 1.165) is 38.5 Å². The molecular formula is C16H32N2O2. The Morgan fingerprint density at radius 1 is 0.850 bits per heavy atom. The second kappa shape index (κ2) is 12.9. The van der Waals surface area contributed by atoms with Crippen molar-refractivity contribution in [3.8, 4) is 0 Å². The van der Waals surface area contributed by atoms with E-state index in [2.05, 4.69) is 24.7 Å². The lowest BCUT2D eigenvalue weighted by Crippen LogP contribution is -2.44. The first-order chi connectivity index (χ1) is 9.65. The Hall–Kier alpha value is -1.06. The van der Waals surface area contributed by atoms with E-state index in [4.69, 9.17) is 0 Å². The van der Waals surface area contributed by atoms with Gasteiger partial charge < -0.3 is 0 Å². The van der Waals surface area contributed by atoms with Crippen molar-refractivity contribution in [3.63, 3.8) is 0 Å². The van der Waals surface area contributed by atoms with Crippen LogP contribution in [-0.4, -0.2) is 11.8 Å². The molecule has 2 amide bonds. The fourth-order valence-corrected chi connectivity index (χ4v) is 2.16. The molecular weight excluding hydrogens is 252 g/mol. The summed E-state index contributed by atoms with van der Waals surface area (Å²) in [6, 6.07) is 0. The molecule has 20 heavy (non-hydrogen) atoms. The smallest absolute Gasteiger partial charge is 0.241 e. The molecule has 2 N–H and O–H groups in total. The van der Waals surface area contributed by atoms with Crippen molar-refractivity contribution in [1.29, 1.82) is 0 Å². The van der Waals surface area contributed by atoms with Gasteiger partial charge in [0.25, 0.3) is 0 Å². The molecule has 0 saturated heterocycles. The summed E-state index contributed by atoms with van der Waals surface area (Å²) in [4.78, 5) is 23.5. The van der Waals surface area contributed by atoms with E-state index in [1.807, 2.05) is 6.92 Å². The molecule has 4 nitrogen and oxygen atoms in total. The van der Waals surface area contributed by atoms with Crippen LogP contribution in [-0.2, 0) is 9.59 Å². The fraction of sp³-hybridized carbons (Fsp3) is 0.875. The molecule has 0 radical (unpaired) electrons. The molecule has 0 rings (SSSR count). The average molecular weight is 284 g/mol. The highest BCUT2D eigenvalue weighted by Gasteiger charge is 2.15. The number of hydrogen-bond acceptors (Lipinski definition) is 2. The summed E-state index contributed by atoms with van der Waals surface area (Å²) in [5.41, 5.74) is 5.08. The predicted molar refractivity (Wildman–Crippen MR) is 83.0 cm³/mol. The van der Waals surface area contributed by atoms with Crippen LogP contribution >= 0.6 is 0 Å². The topological polar surface area (TPSA) is 58.2 Å². The van der Waals surface area contributed by atoms with E-state index in [0.29, 0.717) is 6.42 Å². The third kappa shape index (κ3) is 9.82. The number of hydrazine groups is 1. The highest BCUT2D eigenvalue weighted by molar-refractivity contribution is 5.83. The van der Waals surface area contributed by atoms with E-state index >= 15 is 0 Å². The zero-order valence-corrected chi connectivity index (χ0v) is 13.5. The summed E-state index contributed by atoms with van der Waals surface area (Å²) in [5.74, 6) is -0.125. The van der Waals surface area contributed by atoms with Crippen LogP contribution < -0.4 is 10.9 Å². The minimum atomic E-state index is -0.0832. The van der Waals surface area contributed by atoms with E-state index < -0.39 is 0 Å². The quantitative estimate of drug-likeness (QED) is 0.449. The van der Waals surface area contributed by atoms with Crippen molar-refractivity contribution in [2.75, 3.05) is 0 Å². The van der Waals surface area contributed by atoms with Crippen LogP contribution in [0.1, 0.15) is 85.0 Å². The van der Waals surface area contributed by atoms with Crippen molar-refractivity contribution in [1.82, 2.24) is 10.9 Å². The number of rotatable bonds is 11. The third-order valence-electron chi connectivity index (χ3n) is 3.60. The Kier molecular flexibility index (Phi) is 12.3. The normalized spacial score (nSPS) is 11.9. The van der Waals surface area contributed by atoms with Crippen molar-refractivity contribution in [2.24, 2.45) is 5.92 Å². The van der Waals surface area contributed by atoms with E-state index in [-0.39, 0.29) is 17.7 Å². The zero-order valence-electron chi connectivity index (χ0n) is 13.5. The van der Waals surface area contributed by atoms with Gasteiger partial charge in [0.15, 0.2) is 0 Å². The second-order valence-corrected chi connectivity index (χ2v) is 5.45. The standard InChI is InChI=1S/C16H32N2O2/c1-4-7-9-10-11-13-15(19)17-18-16(20)14(6-3)12-8-5-2/h14H,4-13H2,1-3H3,(H,17,19)(H,18,20). The predicted octanol–water partition coefficient (Wildman–Crippen LogP) is 3.71. The molecule has 0 aliphatic heterocycles. The molecule has 0 aliphatic carbocycles. The SMILES string of the molecule is CCCCCCCC(=O)NNC(=O)C(CC)CCCC. The number of carbonyl (C=O) groups is 2. The monoisotopic (exact) mass is 284 g/mol. The first-order valence-corrected chi connectivity index (χ1v) is 8.24. The largest absolute Gasteiger partial charge is 0.273 e. The molecule has 0 aromatic rings. The van der Waals surface area contributed by atoms with Crippen LogP contribution in [0.4, 0.5) is 0 Å². The number of nitrogens with one attached hydrogen (secondary N) is 2. The average Bonchev–Trinajstić information content (AvgIpc) is 2.45. The molecule has 0 aromatic heterocycles. The lowest BCUT2D eigenvalue weighted by Gasteiger charge is -2.15. The van der Waals surface area contributed by atoms with Crippen molar-refractivity contribution < 1.29 is 9.59 Å². The van der Waals surface area contributed by atoms with E-state index in [9.17, 15) is 9.59 Å². The van der Waals surface area contributed by atoms with Gasteiger partial charge in [-0.2, -0.15) is 0 Å². The van der Waals surface area contributed by atoms with Crippen molar-refractivity contribution in [3.05, 3.63) is 0 Å². The maximum atomic E-state index is 11.9. The molecule has 0 saturated carbocycles. The van der Waals surface area contributed by atoms with Gasteiger partial charge in [-0.15, -0.1) is 0 Å². The molecule has 4 heteroatoms. The number of unbranched alkanes of at least 4 members (excludes halogenated alkanes) is 5. The second-order valence-electron chi connectivity index (χ2n) is 5.45. The van der Waals surface area contributed by atoms with Gasteiger partial charge in [0.1, 0.15) is 0 Å². The summed E-state index contributed by atoms with van der Waals surface area (Å²) in [6.45, 7) is 6.30. The minimum Gasteiger partial charge on any atom is -0.273 e. The van der Waals surface area contributed by atoms with E-state index in [1.165, 1.54) is 19.3 Å². The van der Waals surface area contributed by atoms with Crippen LogP contribution in [0, 0.1) is 5.92 Å². The van der Waals surface area contributed by atoms with Crippen LogP contribution in [0.5, 0.6) is 0 Å². The third-order valence-corrected chi connectivity index (χ3v) is 3.60. The maximum absolute atomic E-state index is 11.9. The van der Waals surface area contributed by atoms with Crippen LogP contribution in [0.2, 0.25) is 0 Å². The van der Waals surface area contributed by atoms with Crippen LogP contribution in [0.25, 0.3) is 0 Å². The Bertz CT molecular complexity index is 267. The van der Waals surface area contributed by atoms with Gasteiger partial charge >= 0.3 is 0 Å².